The van der Waals surface area contributed by atoms with Crippen molar-refractivity contribution >= 4 is 23.3 Å². The van der Waals surface area contributed by atoms with E-state index in [2.05, 4.69) is 0 Å². The number of nitrogens with zero attached hydrogens (tertiary/aromatic N) is 1. The van der Waals surface area contributed by atoms with Crippen molar-refractivity contribution in [3.8, 4) is 11.5 Å². The lowest BCUT2D eigenvalue weighted by molar-refractivity contribution is -0.324. The highest BCUT2D eigenvalue weighted by atomic mass is 16.7. The van der Waals surface area contributed by atoms with Gasteiger partial charge in [-0.25, -0.2) is 0 Å². The number of methoxy groups -OCH3 is 1. The molecule has 16 nitrogen and oxygen atoms in total. The molecule has 58 heavy (non-hydrogen) atoms. The average Bonchev–Trinajstić information content (AvgIpc) is 3.17. The fourth-order valence-corrected chi connectivity index (χ4v) is 9.27. The van der Waals surface area contributed by atoms with Gasteiger partial charge in [-0.05, 0) is 59.0 Å². The number of fused-ring (bicyclic) bond motifs is 3. The average molecular weight is 812 g/mol. The second-order valence-electron chi connectivity index (χ2n) is 16.3. The minimum Gasteiger partial charge on any atom is -0.507 e. The highest BCUT2D eigenvalue weighted by molar-refractivity contribution is 6.30. The Morgan fingerprint density at radius 2 is 1.57 bits per heavy atom. The first kappa shape index (κ1) is 42.3. The third kappa shape index (κ3) is 7.47. The number of aliphatic hydroxyl groups is 2. The van der Waals surface area contributed by atoms with E-state index in [1.165, 1.54) is 31.4 Å². The minimum absolute atomic E-state index is 0.00573. The summed E-state index contributed by atoms with van der Waals surface area (Å²) < 4.78 is 42.6. The number of ether oxygens (including phenoxy) is 7. The number of carbonyl (C=O) groups excluding carboxylic acids is 4. The molecule has 4 N–H and O–H groups in total. The fraction of sp³-hybridized carbons (Fsp3) is 0.619. The molecule has 16 heteroatoms. The quantitative estimate of drug-likeness (QED) is 0.228. The Kier molecular flexibility index (Phi) is 11.9. The monoisotopic (exact) mass is 811 g/mol. The van der Waals surface area contributed by atoms with Crippen molar-refractivity contribution in [3.05, 3.63) is 57.6 Å². The van der Waals surface area contributed by atoms with Crippen LogP contribution in [0.4, 0.5) is 0 Å². The molecule has 3 saturated heterocycles. The van der Waals surface area contributed by atoms with Crippen LogP contribution in [-0.4, -0.2) is 137 Å². The number of hydrogen-bond acceptors (Lipinski definition) is 16. The van der Waals surface area contributed by atoms with Crippen LogP contribution < -0.4 is 0 Å². The van der Waals surface area contributed by atoms with Crippen LogP contribution in [0.15, 0.2) is 24.3 Å². The number of carbonyl (C=O) groups is 4. The van der Waals surface area contributed by atoms with Crippen molar-refractivity contribution in [1.82, 2.24) is 4.90 Å². The molecule has 5 aliphatic rings. The molecule has 3 heterocycles. The van der Waals surface area contributed by atoms with E-state index in [9.17, 15) is 39.6 Å². The third-order valence-corrected chi connectivity index (χ3v) is 12.4. The van der Waals surface area contributed by atoms with Crippen molar-refractivity contribution in [2.24, 2.45) is 0 Å². The second kappa shape index (κ2) is 16.3. The highest BCUT2D eigenvalue weighted by Crippen LogP contribution is 2.54. The molecule has 0 amide bonds. The predicted molar refractivity (Wildman–Crippen MR) is 201 cm³/mol. The maximum atomic E-state index is 13.9. The molecule has 2 aromatic rings. The molecule has 0 radical (unpaired) electrons. The molecule has 3 aliphatic heterocycles. The number of rotatable bonds is 9. The molecular weight excluding hydrogens is 758 g/mol. The second-order valence-corrected chi connectivity index (χ2v) is 16.3. The van der Waals surface area contributed by atoms with Crippen LogP contribution in [0, 0.1) is 0 Å². The van der Waals surface area contributed by atoms with Gasteiger partial charge in [0, 0.05) is 54.8 Å². The van der Waals surface area contributed by atoms with E-state index in [1.807, 2.05) is 19.0 Å². The third-order valence-electron chi connectivity index (χ3n) is 12.4. The normalized spacial score (nSPS) is 36.3. The first-order valence-electron chi connectivity index (χ1n) is 19.9. The van der Waals surface area contributed by atoms with Crippen LogP contribution in [0.25, 0.3) is 0 Å². The van der Waals surface area contributed by atoms with E-state index in [0.717, 1.165) is 0 Å². The molecule has 0 bridgehead atoms. The van der Waals surface area contributed by atoms with Gasteiger partial charge in [0.2, 0.25) is 5.78 Å². The van der Waals surface area contributed by atoms with Crippen LogP contribution in [0.1, 0.15) is 121 Å². The number of likely N-dealkylation sites (N-methyl/N-ethyl adjacent to an activating group) is 1. The number of Topliss-reactive ketones (excluding diaryl/α,β-unsaturated/α-hetero) is 1. The molecule has 0 saturated carbocycles. The van der Waals surface area contributed by atoms with Crippen molar-refractivity contribution in [3.63, 3.8) is 0 Å². The summed E-state index contributed by atoms with van der Waals surface area (Å²) in [5.41, 5.74) is -2.49. The van der Waals surface area contributed by atoms with Gasteiger partial charge in [0.25, 0.3) is 0 Å². The topological polar surface area (TPSA) is 217 Å². The van der Waals surface area contributed by atoms with Gasteiger partial charge >= 0.3 is 5.97 Å². The van der Waals surface area contributed by atoms with Crippen LogP contribution in [-0.2, 0) is 42.7 Å². The summed E-state index contributed by atoms with van der Waals surface area (Å²) in [7, 11) is 4.91. The molecule has 3 fully saturated rings. The summed E-state index contributed by atoms with van der Waals surface area (Å²) in [5.74, 6) is -4.59. The van der Waals surface area contributed by atoms with Gasteiger partial charge in [-0.15, -0.1) is 0 Å². The van der Waals surface area contributed by atoms with Gasteiger partial charge in [-0.3, -0.25) is 19.2 Å². The largest absolute Gasteiger partial charge is 0.507 e. The molecule has 2 aliphatic carbocycles. The number of phenols is 2. The Balaban J connectivity index is 1.13. The Morgan fingerprint density at radius 3 is 2.21 bits per heavy atom. The number of hydrogen-bond donors (Lipinski definition) is 4. The van der Waals surface area contributed by atoms with Crippen molar-refractivity contribution in [1.29, 1.82) is 0 Å². The highest BCUT2D eigenvalue weighted by Gasteiger charge is 2.53. The van der Waals surface area contributed by atoms with Crippen LogP contribution in [0.2, 0.25) is 0 Å². The molecular formula is C42H53NO15. The Bertz CT molecular complexity index is 1940. The first-order valence-corrected chi connectivity index (χ1v) is 19.9. The Hall–Kier alpha value is -3.84. The number of phenolic OH excluding ortho intramolecular Hbond substituents is 2. The van der Waals surface area contributed by atoms with Gasteiger partial charge in [-0.2, -0.15) is 0 Å². The van der Waals surface area contributed by atoms with Crippen molar-refractivity contribution in [2.45, 2.75) is 145 Å². The number of esters is 1. The van der Waals surface area contributed by atoms with Crippen molar-refractivity contribution < 1.29 is 72.8 Å². The zero-order valence-electron chi connectivity index (χ0n) is 33.7. The number of ketones is 3. The zero-order valence-corrected chi connectivity index (χ0v) is 33.7. The molecule has 316 valence electrons. The molecule has 13 atom stereocenters. The van der Waals surface area contributed by atoms with E-state index in [4.69, 9.17) is 33.2 Å². The predicted octanol–water partition coefficient (Wildman–Crippen LogP) is 3.16. The van der Waals surface area contributed by atoms with Gasteiger partial charge in [0.05, 0.1) is 48.3 Å². The molecule has 7 rings (SSSR count). The number of aliphatic hydroxyl groups excluding tert-OH is 1. The van der Waals surface area contributed by atoms with Crippen LogP contribution in [0.5, 0.6) is 11.5 Å². The number of benzene rings is 2. The van der Waals surface area contributed by atoms with Crippen LogP contribution in [0.3, 0.4) is 0 Å². The molecule has 0 aromatic heterocycles. The summed E-state index contributed by atoms with van der Waals surface area (Å²) in [6.45, 7) is 6.95. The van der Waals surface area contributed by atoms with Crippen LogP contribution >= 0.6 is 0 Å². The summed E-state index contributed by atoms with van der Waals surface area (Å²) in [6.07, 6.45) is -6.64. The smallest absolute Gasteiger partial charge is 0.316 e. The van der Waals surface area contributed by atoms with E-state index < -0.39 is 102 Å². The lowest BCUT2D eigenvalue weighted by atomic mass is 9.67. The van der Waals surface area contributed by atoms with Gasteiger partial charge in [0.15, 0.2) is 30.4 Å². The molecule has 2 aromatic carbocycles. The standard InChI is InChI=1S/C42H53NO15/c1-8-42(51)17-28(33-22(35(42)41(50)52-7)14-23-34(38(33)49)37(48)32-21(36(23)47)10-9-11-26(32)45)56-30-15-24(43(5)6)39(19(3)54-30)58-31-16-27(46)40(20(4)55-31)57-29-13-12-25(44)18(2)53-29/h9-11,14,18-20,24,27-31,35,39-40,45-46,49,51H,8,12-13,15-17H2,1-7H3/t18-,19+,20-,24-,27-,28-,29+,30+,31+,35-,39+,40+,42+/m0/s1. The van der Waals surface area contributed by atoms with Crippen molar-refractivity contribution in [2.75, 3.05) is 21.2 Å². The summed E-state index contributed by atoms with van der Waals surface area (Å²) >= 11 is 0. The zero-order chi connectivity index (χ0) is 42.0. The van der Waals surface area contributed by atoms with E-state index in [1.54, 1.807) is 27.7 Å². The maximum Gasteiger partial charge on any atom is 0.316 e. The van der Waals surface area contributed by atoms with E-state index in [-0.39, 0.29) is 70.9 Å². The lowest BCUT2D eigenvalue weighted by Gasteiger charge is -2.48. The molecule has 0 unspecified atom stereocenters. The molecule has 0 spiro atoms. The van der Waals surface area contributed by atoms with Gasteiger partial charge < -0.3 is 58.5 Å². The Morgan fingerprint density at radius 1 is 0.897 bits per heavy atom. The minimum atomic E-state index is -1.76. The van der Waals surface area contributed by atoms with E-state index >= 15 is 0 Å². The fourth-order valence-electron chi connectivity index (χ4n) is 9.27. The number of aromatic hydroxyl groups is 2. The lowest BCUT2D eigenvalue weighted by Crippen LogP contribution is -2.58. The summed E-state index contributed by atoms with van der Waals surface area (Å²) in [4.78, 5) is 55.0. The maximum absolute atomic E-state index is 13.9. The van der Waals surface area contributed by atoms with E-state index in [0.29, 0.717) is 12.8 Å². The summed E-state index contributed by atoms with van der Waals surface area (Å²) in [6, 6.07) is 5.11. The Labute approximate surface area is 336 Å². The van der Waals surface area contributed by atoms with Gasteiger partial charge in [0.1, 0.15) is 35.7 Å². The first-order chi connectivity index (χ1) is 27.5. The SMILES string of the molecule is CC[C@@]1(O)C[C@H](O[C@@H]2C[C@H](N(C)C)[C@H](O[C@@H]3C[C@H](O)[C@H](O[C@@H]4CCC(=O)[C@H](C)O4)[C@H](C)O3)[C@@H](C)O2)c2c(cc3c(c2O)C(=O)c2c(O)cccc2C3=O)[C@H]1C(=O)OC. The van der Waals surface area contributed by atoms with Gasteiger partial charge in [-0.1, -0.05) is 19.1 Å². The summed E-state index contributed by atoms with van der Waals surface area (Å²) in [5, 5.41) is 45.9.